The highest BCUT2D eigenvalue weighted by Gasteiger charge is 2.36. The molecule has 2 aliphatic heterocycles. The zero-order valence-corrected chi connectivity index (χ0v) is 17.5. The Balaban J connectivity index is 1.59. The van der Waals surface area contributed by atoms with Crippen LogP contribution in [0.1, 0.15) is 22.0 Å². The first kappa shape index (κ1) is 21.4. The fraction of sp³-hybridized carbons (Fsp3) is 0.333. The summed E-state index contributed by atoms with van der Waals surface area (Å²) in [6, 6.07) is 10.3. The number of carbonyl (C=O) groups excluding carboxylic acids is 2. The number of halogens is 1. The number of piperazine rings is 1. The van der Waals surface area contributed by atoms with Gasteiger partial charge in [-0.3, -0.25) is 9.59 Å². The summed E-state index contributed by atoms with van der Waals surface area (Å²) in [5.74, 6) is -1.51. The number of sulfonamides is 1. The van der Waals surface area contributed by atoms with Gasteiger partial charge in [0.2, 0.25) is 15.9 Å². The minimum atomic E-state index is -3.68. The summed E-state index contributed by atoms with van der Waals surface area (Å²) >= 11 is 0. The number of ether oxygens (including phenoxy) is 1. The minimum Gasteiger partial charge on any atom is -0.379 e. The molecular formula is C21H22FN3O5S. The van der Waals surface area contributed by atoms with Crippen molar-refractivity contribution in [3.05, 3.63) is 65.5 Å². The second-order valence-electron chi connectivity index (χ2n) is 7.25. The van der Waals surface area contributed by atoms with Gasteiger partial charge in [0, 0.05) is 37.3 Å². The molecule has 4 rings (SSSR count). The van der Waals surface area contributed by atoms with Crippen LogP contribution in [0, 0.1) is 5.82 Å². The number of benzene rings is 2. The van der Waals surface area contributed by atoms with E-state index < -0.39 is 33.7 Å². The van der Waals surface area contributed by atoms with Crippen molar-refractivity contribution in [2.24, 2.45) is 0 Å². The van der Waals surface area contributed by atoms with Crippen molar-refractivity contribution in [2.75, 3.05) is 39.4 Å². The van der Waals surface area contributed by atoms with E-state index in [9.17, 15) is 22.4 Å². The average molecular weight is 447 g/mol. The molecule has 2 aromatic carbocycles. The summed E-state index contributed by atoms with van der Waals surface area (Å²) in [5, 5.41) is 2.66. The lowest BCUT2D eigenvalue weighted by Crippen LogP contribution is -2.52. The Morgan fingerprint density at radius 3 is 2.39 bits per heavy atom. The van der Waals surface area contributed by atoms with Crippen LogP contribution in [0.15, 0.2) is 53.4 Å². The minimum absolute atomic E-state index is 0.0768. The molecule has 0 radical (unpaired) electrons. The van der Waals surface area contributed by atoms with Crippen molar-refractivity contribution in [2.45, 2.75) is 10.9 Å². The second-order valence-corrected chi connectivity index (χ2v) is 9.19. The molecule has 8 nitrogen and oxygen atoms in total. The van der Waals surface area contributed by atoms with Crippen LogP contribution >= 0.6 is 0 Å². The monoisotopic (exact) mass is 447 g/mol. The van der Waals surface area contributed by atoms with Crippen molar-refractivity contribution in [3.8, 4) is 0 Å². The summed E-state index contributed by atoms with van der Waals surface area (Å²) in [5.41, 5.74) is 0.330. The summed E-state index contributed by atoms with van der Waals surface area (Å²) < 4.78 is 46.4. The number of morpholine rings is 1. The van der Waals surface area contributed by atoms with Crippen LogP contribution in [0.3, 0.4) is 0 Å². The maximum absolute atomic E-state index is 14.3. The SMILES string of the molecule is O=C1NCCN(C(=O)c2ccc(S(=O)(=O)N3CCOCC3)cc2)C1c1ccccc1F. The molecule has 1 N–H and O–H groups in total. The Morgan fingerprint density at radius 2 is 1.71 bits per heavy atom. The average Bonchev–Trinajstić information content (AvgIpc) is 2.80. The van der Waals surface area contributed by atoms with Gasteiger partial charge in [0.05, 0.1) is 18.1 Å². The van der Waals surface area contributed by atoms with Gasteiger partial charge < -0.3 is 15.0 Å². The third kappa shape index (κ3) is 4.18. The zero-order chi connectivity index (χ0) is 22.0. The van der Waals surface area contributed by atoms with Crippen LogP contribution in [-0.4, -0.2) is 68.8 Å². The van der Waals surface area contributed by atoms with Crippen LogP contribution < -0.4 is 5.32 Å². The quantitative estimate of drug-likeness (QED) is 0.759. The van der Waals surface area contributed by atoms with E-state index in [1.807, 2.05) is 0 Å². The summed E-state index contributed by atoms with van der Waals surface area (Å²) in [6.45, 7) is 1.68. The van der Waals surface area contributed by atoms with E-state index in [-0.39, 0.29) is 42.2 Å². The van der Waals surface area contributed by atoms with Gasteiger partial charge in [0.15, 0.2) is 0 Å². The van der Waals surface area contributed by atoms with Crippen molar-refractivity contribution >= 4 is 21.8 Å². The van der Waals surface area contributed by atoms with Gasteiger partial charge >= 0.3 is 0 Å². The number of hydrogen-bond acceptors (Lipinski definition) is 5. The number of amides is 2. The molecule has 31 heavy (non-hydrogen) atoms. The molecular weight excluding hydrogens is 425 g/mol. The van der Waals surface area contributed by atoms with E-state index in [1.54, 1.807) is 6.07 Å². The van der Waals surface area contributed by atoms with E-state index in [0.29, 0.717) is 13.2 Å². The molecule has 0 spiro atoms. The lowest BCUT2D eigenvalue weighted by Gasteiger charge is -2.35. The topological polar surface area (TPSA) is 96.0 Å². The van der Waals surface area contributed by atoms with E-state index in [4.69, 9.17) is 4.74 Å². The molecule has 0 saturated carbocycles. The third-order valence-electron chi connectivity index (χ3n) is 5.38. The van der Waals surface area contributed by atoms with Crippen LogP contribution in [0.4, 0.5) is 4.39 Å². The fourth-order valence-electron chi connectivity index (χ4n) is 3.76. The predicted molar refractivity (Wildman–Crippen MR) is 109 cm³/mol. The van der Waals surface area contributed by atoms with Crippen LogP contribution in [0.5, 0.6) is 0 Å². The Morgan fingerprint density at radius 1 is 1.03 bits per heavy atom. The zero-order valence-electron chi connectivity index (χ0n) is 16.7. The lowest BCUT2D eigenvalue weighted by atomic mass is 10.0. The van der Waals surface area contributed by atoms with Crippen LogP contribution in [0.25, 0.3) is 0 Å². The Kier molecular flexibility index (Phi) is 6.03. The molecule has 2 saturated heterocycles. The Labute approximate surface area is 179 Å². The molecule has 164 valence electrons. The predicted octanol–water partition coefficient (Wildman–Crippen LogP) is 1.16. The fourth-order valence-corrected chi connectivity index (χ4v) is 5.17. The van der Waals surface area contributed by atoms with E-state index in [0.717, 1.165) is 0 Å². The molecule has 0 bridgehead atoms. The standard InChI is InChI=1S/C21H22FN3O5S/c22-18-4-2-1-3-17(18)19-20(26)23-9-10-25(19)21(27)15-5-7-16(8-6-15)31(28,29)24-11-13-30-14-12-24/h1-8,19H,9-14H2,(H,23,26). The van der Waals surface area contributed by atoms with Gasteiger partial charge in [-0.05, 0) is 30.3 Å². The van der Waals surface area contributed by atoms with Gasteiger partial charge in [0.1, 0.15) is 11.9 Å². The highest BCUT2D eigenvalue weighted by Crippen LogP contribution is 2.27. The van der Waals surface area contributed by atoms with Gasteiger partial charge in [-0.25, -0.2) is 12.8 Å². The molecule has 2 aliphatic rings. The highest BCUT2D eigenvalue weighted by atomic mass is 32.2. The number of carbonyl (C=O) groups is 2. The number of hydrogen-bond donors (Lipinski definition) is 1. The number of nitrogens with zero attached hydrogens (tertiary/aromatic N) is 2. The lowest BCUT2D eigenvalue weighted by molar-refractivity contribution is -0.128. The summed E-state index contributed by atoms with van der Waals surface area (Å²) in [7, 11) is -3.68. The second kappa shape index (κ2) is 8.74. The molecule has 0 aliphatic carbocycles. The Bertz CT molecular complexity index is 1080. The normalized spacial score (nSPS) is 20.4. The van der Waals surface area contributed by atoms with E-state index in [2.05, 4.69) is 5.32 Å². The molecule has 1 unspecified atom stereocenters. The van der Waals surface area contributed by atoms with Gasteiger partial charge in [-0.2, -0.15) is 4.31 Å². The summed E-state index contributed by atoms with van der Waals surface area (Å²) in [6.07, 6.45) is 0. The molecule has 2 heterocycles. The summed E-state index contributed by atoms with van der Waals surface area (Å²) in [4.78, 5) is 27.0. The van der Waals surface area contributed by atoms with Crippen molar-refractivity contribution in [1.82, 2.24) is 14.5 Å². The maximum atomic E-state index is 14.3. The van der Waals surface area contributed by atoms with Crippen LogP contribution in [0.2, 0.25) is 0 Å². The van der Waals surface area contributed by atoms with Crippen molar-refractivity contribution < 1.29 is 27.1 Å². The van der Waals surface area contributed by atoms with E-state index >= 15 is 0 Å². The first-order chi connectivity index (χ1) is 14.9. The van der Waals surface area contributed by atoms with Crippen molar-refractivity contribution in [1.29, 1.82) is 0 Å². The third-order valence-corrected chi connectivity index (χ3v) is 7.29. The largest absolute Gasteiger partial charge is 0.379 e. The molecule has 2 fully saturated rings. The highest BCUT2D eigenvalue weighted by molar-refractivity contribution is 7.89. The van der Waals surface area contributed by atoms with Crippen molar-refractivity contribution in [3.63, 3.8) is 0 Å². The molecule has 2 amide bonds. The first-order valence-corrected chi connectivity index (χ1v) is 11.3. The molecule has 1 atom stereocenters. The van der Waals surface area contributed by atoms with Crippen LogP contribution in [-0.2, 0) is 19.6 Å². The molecule has 0 aromatic heterocycles. The van der Waals surface area contributed by atoms with E-state index in [1.165, 1.54) is 51.7 Å². The van der Waals surface area contributed by atoms with Gasteiger partial charge in [-0.1, -0.05) is 18.2 Å². The molecule has 2 aromatic rings. The first-order valence-electron chi connectivity index (χ1n) is 9.90. The molecule has 10 heteroatoms. The smallest absolute Gasteiger partial charge is 0.254 e. The Hall–Kier alpha value is -2.82. The maximum Gasteiger partial charge on any atom is 0.254 e. The number of rotatable bonds is 4. The van der Waals surface area contributed by atoms with Gasteiger partial charge in [0.25, 0.3) is 5.91 Å². The van der Waals surface area contributed by atoms with Gasteiger partial charge in [-0.15, -0.1) is 0 Å². The number of nitrogens with one attached hydrogen (secondary N) is 1.